The Balaban J connectivity index is 1.55. The second kappa shape index (κ2) is 7.12. The Morgan fingerprint density at radius 2 is 2.00 bits per heavy atom. The van der Waals surface area contributed by atoms with E-state index in [0.717, 1.165) is 25.3 Å². The van der Waals surface area contributed by atoms with Crippen LogP contribution in [0.5, 0.6) is 0 Å². The molecule has 1 aromatic heterocycles. The van der Waals surface area contributed by atoms with Crippen molar-refractivity contribution >= 4 is 34.2 Å². The molecule has 1 atom stereocenters. The van der Waals surface area contributed by atoms with Gasteiger partial charge in [0.2, 0.25) is 0 Å². The van der Waals surface area contributed by atoms with Crippen LogP contribution < -0.4 is 10.2 Å². The summed E-state index contributed by atoms with van der Waals surface area (Å²) in [4.78, 5) is 19.5. The molecule has 28 heavy (non-hydrogen) atoms. The fraction of sp³-hybridized carbons (Fsp3) is 0.500. The molecule has 1 amide bonds. The first-order chi connectivity index (χ1) is 13.3. The van der Waals surface area contributed by atoms with Gasteiger partial charge in [-0.25, -0.2) is 13.8 Å². The highest BCUT2D eigenvalue weighted by Crippen LogP contribution is 2.39. The van der Waals surface area contributed by atoms with Crippen LogP contribution in [-0.2, 0) is 0 Å². The quantitative estimate of drug-likeness (QED) is 0.806. The highest BCUT2D eigenvalue weighted by atomic mass is 35.5. The van der Waals surface area contributed by atoms with Gasteiger partial charge >= 0.3 is 0 Å². The summed E-state index contributed by atoms with van der Waals surface area (Å²) in [5.74, 6) is -2.56. The largest absolute Gasteiger partial charge is 0.388 e. The monoisotopic (exact) mass is 409 g/mol. The maximum atomic E-state index is 13.7. The number of benzene rings is 1. The SMILES string of the molecule is O=C(NCC1(O)CCCC(F)(F)C1)c1c(Cl)ccc2nc(N3CCC3)ccc12. The second-order valence-corrected chi connectivity index (χ2v) is 8.20. The summed E-state index contributed by atoms with van der Waals surface area (Å²) in [5, 5.41) is 13.9. The Kier molecular flexibility index (Phi) is 4.91. The minimum Gasteiger partial charge on any atom is -0.388 e. The Bertz CT molecular complexity index is 920. The van der Waals surface area contributed by atoms with E-state index in [1.54, 1.807) is 18.2 Å². The molecular weight excluding hydrogens is 388 g/mol. The van der Waals surface area contributed by atoms with Crippen LogP contribution in [0.4, 0.5) is 14.6 Å². The van der Waals surface area contributed by atoms with E-state index in [-0.39, 0.29) is 36.4 Å². The molecule has 4 rings (SSSR count). The molecule has 5 nitrogen and oxygen atoms in total. The maximum absolute atomic E-state index is 13.7. The highest BCUT2D eigenvalue weighted by molar-refractivity contribution is 6.35. The van der Waals surface area contributed by atoms with E-state index in [0.29, 0.717) is 10.9 Å². The number of carbonyl (C=O) groups is 1. The molecule has 0 bridgehead atoms. The predicted molar refractivity (Wildman–Crippen MR) is 104 cm³/mol. The van der Waals surface area contributed by atoms with Gasteiger partial charge in [0.1, 0.15) is 5.82 Å². The molecule has 2 aromatic rings. The van der Waals surface area contributed by atoms with Crippen molar-refractivity contribution in [2.75, 3.05) is 24.5 Å². The Hall–Kier alpha value is -1.99. The van der Waals surface area contributed by atoms with Crippen molar-refractivity contribution in [1.82, 2.24) is 10.3 Å². The molecule has 2 fully saturated rings. The number of pyridine rings is 1. The summed E-state index contributed by atoms with van der Waals surface area (Å²) in [5.41, 5.74) is -0.730. The Morgan fingerprint density at radius 1 is 1.21 bits per heavy atom. The molecule has 0 radical (unpaired) electrons. The normalized spacial score (nSPS) is 24.1. The fourth-order valence-corrected chi connectivity index (χ4v) is 4.19. The molecule has 150 valence electrons. The van der Waals surface area contributed by atoms with E-state index in [9.17, 15) is 18.7 Å². The number of alkyl halides is 2. The number of hydrogen-bond donors (Lipinski definition) is 2. The van der Waals surface area contributed by atoms with Crippen LogP contribution in [0, 0.1) is 0 Å². The zero-order valence-corrected chi connectivity index (χ0v) is 16.1. The molecule has 1 saturated carbocycles. The van der Waals surface area contributed by atoms with E-state index in [1.807, 2.05) is 6.07 Å². The number of carbonyl (C=O) groups excluding carboxylic acids is 1. The van der Waals surface area contributed by atoms with Crippen LogP contribution in [0.15, 0.2) is 24.3 Å². The van der Waals surface area contributed by atoms with Crippen molar-refractivity contribution in [2.24, 2.45) is 0 Å². The molecule has 1 saturated heterocycles. The van der Waals surface area contributed by atoms with Crippen molar-refractivity contribution < 1.29 is 18.7 Å². The zero-order valence-electron chi connectivity index (χ0n) is 15.4. The van der Waals surface area contributed by atoms with E-state index in [1.165, 1.54) is 0 Å². The predicted octanol–water partition coefficient (Wildman–Crippen LogP) is 3.77. The molecule has 0 spiro atoms. The van der Waals surface area contributed by atoms with Gasteiger partial charge in [-0.3, -0.25) is 4.79 Å². The number of aromatic nitrogens is 1. The number of fused-ring (bicyclic) bond motifs is 1. The number of aliphatic hydroxyl groups is 1. The summed E-state index contributed by atoms with van der Waals surface area (Å²) in [7, 11) is 0. The van der Waals surface area contributed by atoms with E-state index < -0.39 is 23.9 Å². The molecule has 1 aliphatic heterocycles. The minimum absolute atomic E-state index is 0.220. The van der Waals surface area contributed by atoms with Crippen LogP contribution in [0.2, 0.25) is 5.02 Å². The summed E-state index contributed by atoms with van der Waals surface area (Å²) < 4.78 is 27.3. The van der Waals surface area contributed by atoms with Gasteiger partial charge < -0.3 is 15.3 Å². The third-order valence-corrected chi connectivity index (χ3v) is 5.88. The van der Waals surface area contributed by atoms with Gasteiger partial charge in [-0.15, -0.1) is 0 Å². The third-order valence-electron chi connectivity index (χ3n) is 5.56. The summed E-state index contributed by atoms with van der Waals surface area (Å²) >= 11 is 6.26. The van der Waals surface area contributed by atoms with E-state index in [2.05, 4.69) is 15.2 Å². The van der Waals surface area contributed by atoms with Gasteiger partial charge in [-0.05, 0) is 43.5 Å². The summed E-state index contributed by atoms with van der Waals surface area (Å²) in [6.45, 7) is 1.68. The Labute approximate surface area is 166 Å². The number of amides is 1. The number of nitrogens with zero attached hydrogens (tertiary/aromatic N) is 2. The van der Waals surface area contributed by atoms with Crippen LogP contribution in [0.3, 0.4) is 0 Å². The number of rotatable bonds is 4. The van der Waals surface area contributed by atoms with Crippen molar-refractivity contribution in [3.63, 3.8) is 0 Å². The van der Waals surface area contributed by atoms with Gasteiger partial charge in [0, 0.05) is 37.9 Å². The van der Waals surface area contributed by atoms with Crippen molar-refractivity contribution in [1.29, 1.82) is 0 Å². The number of nitrogens with one attached hydrogen (secondary N) is 1. The first-order valence-electron chi connectivity index (χ1n) is 9.49. The van der Waals surface area contributed by atoms with Crippen molar-refractivity contribution in [3.8, 4) is 0 Å². The standard InChI is InChI=1S/C20H22ClF2N3O2/c21-14-4-5-15-13(3-6-16(25-15)26-9-2-10-26)17(14)18(27)24-12-19(28)7-1-8-20(22,23)11-19/h3-6,28H,1-2,7-12H2,(H,24,27). The highest BCUT2D eigenvalue weighted by Gasteiger charge is 2.44. The lowest BCUT2D eigenvalue weighted by molar-refractivity contribution is -0.121. The van der Waals surface area contributed by atoms with E-state index in [4.69, 9.17) is 11.6 Å². The van der Waals surface area contributed by atoms with Crippen LogP contribution in [0.1, 0.15) is 42.5 Å². The van der Waals surface area contributed by atoms with Gasteiger partial charge in [-0.2, -0.15) is 0 Å². The molecule has 1 unspecified atom stereocenters. The minimum atomic E-state index is -2.91. The van der Waals surface area contributed by atoms with Gasteiger partial charge in [0.15, 0.2) is 0 Å². The lowest BCUT2D eigenvalue weighted by Gasteiger charge is -2.36. The zero-order chi connectivity index (χ0) is 19.9. The van der Waals surface area contributed by atoms with Gasteiger partial charge in [0.05, 0.1) is 21.7 Å². The third kappa shape index (κ3) is 3.78. The van der Waals surface area contributed by atoms with Crippen LogP contribution >= 0.6 is 11.6 Å². The summed E-state index contributed by atoms with van der Waals surface area (Å²) in [6, 6.07) is 7.02. The first-order valence-corrected chi connectivity index (χ1v) is 9.87. The van der Waals surface area contributed by atoms with Crippen molar-refractivity contribution in [2.45, 2.75) is 43.6 Å². The topological polar surface area (TPSA) is 65.5 Å². The van der Waals surface area contributed by atoms with Gasteiger partial charge in [0.25, 0.3) is 11.8 Å². The molecule has 8 heteroatoms. The van der Waals surface area contributed by atoms with E-state index >= 15 is 0 Å². The average Bonchev–Trinajstić information content (AvgIpc) is 2.57. The summed E-state index contributed by atoms with van der Waals surface area (Å²) in [6.07, 6.45) is 0.703. The van der Waals surface area contributed by atoms with Gasteiger partial charge in [-0.1, -0.05) is 11.6 Å². The fourth-order valence-electron chi connectivity index (χ4n) is 3.94. The number of halogens is 3. The first kappa shape index (κ1) is 19.3. The molecular formula is C20H22ClF2N3O2. The molecule has 2 N–H and O–H groups in total. The average molecular weight is 410 g/mol. The molecule has 1 aromatic carbocycles. The molecule has 1 aliphatic carbocycles. The maximum Gasteiger partial charge on any atom is 0.253 e. The molecule has 2 heterocycles. The molecule has 2 aliphatic rings. The smallest absolute Gasteiger partial charge is 0.253 e. The number of anilines is 1. The van der Waals surface area contributed by atoms with Crippen LogP contribution in [-0.4, -0.2) is 47.2 Å². The van der Waals surface area contributed by atoms with Crippen molar-refractivity contribution in [3.05, 3.63) is 34.9 Å². The lowest BCUT2D eigenvalue weighted by Crippen LogP contribution is -2.49. The Morgan fingerprint density at radius 3 is 2.68 bits per heavy atom. The lowest BCUT2D eigenvalue weighted by atomic mass is 9.82. The second-order valence-electron chi connectivity index (χ2n) is 7.79. The van der Waals surface area contributed by atoms with Crippen LogP contribution in [0.25, 0.3) is 10.9 Å². The number of hydrogen-bond acceptors (Lipinski definition) is 4.